The van der Waals surface area contributed by atoms with Crippen molar-refractivity contribution in [3.63, 3.8) is 0 Å². The average molecular weight is 210 g/mol. The molecular formula is C12H16ClN. The SMILES string of the molecule is CCN(C)c1ccc(Cl)c(C2CC2)c1. The maximum Gasteiger partial charge on any atom is 0.0442 e. The minimum absolute atomic E-state index is 0.729. The number of nitrogens with zero attached hydrogens (tertiary/aromatic N) is 1. The molecule has 14 heavy (non-hydrogen) atoms. The highest BCUT2D eigenvalue weighted by Crippen LogP contribution is 2.44. The van der Waals surface area contributed by atoms with Crippen LogP contribution >= 0.6 is 11.6 Å². The van der Waals surface area contributed by atoms with Gasteiger partial charge in [0.15, 0.2) is 0 Å². The van der Waals surface area contributed by atoms with Crippen molar-refractivity contribution in [2.45, 2.75) is 25.7 Å². The van der Waals surface area contributed by atoms with E-state index in [2.05, 4.69) is 31.0 Å². The molecule has 0 radical (unpaired) electrons. The van der Waals surface area contributed by atoms with Gasteiger partial charge < -0.3 is 4.90 Å². The number of anilines is 1. The summed E-state index contributed by atoms with van der Waals surface area (Å²) in [6.45, 7) is 3.19. The Morgan fingerprint density at radius 1 is 1.43 bits per heavy atom. The van der Waals surface area contributed by atoms with Gasteiger partial charge in [-0.3, -0.25) is 0 Å². The van der Waals surface area contributed by atoms with Crippen LogP contribution in [-0.4, -0.2) is 13.6 Å². The Labute approximate surface area is 90.7 Å². The number of hydrogen-bond donors (Lipinski definition) is 0. The minimum atomic E-state index is 0.729. The lowest BCUT2D eigenvalue weighted by Gasteiger charge is -2.18. The first-order chi connectivity index (χ1) is 6.72. The van der Waals surface area contributed by atoms with E-state index in [-0.39, 0.29) is 0 Å². The van der Waals surface area contributed by atoms with E-state index >= 15 is 0 Å². The van der Waals surface area contributed by atoms with Crippen LogP contribution in [0.2, 0.25) is 5.02 Å². The molecule has 0 bridgehead atoms. The molecule has 1 aromatic carbocycles. The first-order valence-electron chi connectivity index (χ1n) is 5.23. The van der Waals surface area contributed by atoms with Gasteiger partial charge in [0.05, 0.1) is 0 Å². The Hall–Kier alpha value is -0.690. The van der Waals surface area contributed by atoms with E-state index < -0.39 is 0 Å². The largest absolute Gasteiger partial charge is 0.375 e. The highest BCUT2D eigenvalue weighted by molar-refractivity contribution is 6.31. The lowest BCUT2D eigenvalue weighted by molar-refractivity contribution is 0.963. The fraction of sp³-hybridized carbons (Fsp3) is 0.500. The third kappa shape index (κ3) is 1.88. The van der Waals surface area contributed by atoms with Gasteiger partial charge in [-0.25, -0.2) is 0 Å². The lowest BCUT2D eigenvalue weighted by atomic mass is 10.1. The van der Waals surface area contributed by atoms with Crippen LogP contribution in [0.1, 0.15) is 31.2 Å². The van der Waals surface area contributed by atoms with Gasteiger partial charge in [-0.15, -0.1) is 0 Å². The summed E-state index contributed by atoms with van der Waals surface area (Å²) in [6.07, 6.45) is 2.61. The fourth-order valence-electron chi connectivity index (χ4n) is 1.66. The van der Waals surface area contributed by atoms with E-state index in [9.17, 15) is 0 Å². The molecular weight excluding hydrogens is 194 g/mol. The van der Waals surface area contributed by atoms with Crippen molar-refractivity contribution in [3.05, 3.63) is 28.8 Å². The summed E-state index contributed by atoms with van der Waals surface area (Å²) in [5.41, 5.74) is 2.61. The van der Waals surface area contributed by atoms with Crippen LogP contribution in [0.3, 0.4) is 0 Å². The molecule has 1 aliphatic carbocycles. The van der Waals surface area contributed by atoms with E-state index in [1.807, 2.05) is 6.07 Å². The monoisotopic (exact) mass is 209 g/mol. The summed E-state index contributed by atoms with van der Waals surface area (Å²) >= 11 is 6.16. The highest BCUT2D eigenvalue weighted by Gasteiger charge is 2.26. The molecule has 1 aliphatic rings. The molecule has 2 rings (SSSR count). The molecule has 2 heteroatoms. The number of halogens is 1. The molecule has 1 fully saturated rings. The van der Waals surface area contributed by atoms with E-state index in [0.717, 1.165) is 17.5 Å². The molecule has 1 aromatic rings. The van der Waals surface area contributed by atoms with E-state index in [1.54, 1.807) is 0 Å². The van der Waals surface area contributed by atoms with Crippen molar-refractivity contribution >= 4 is 17.3 Å². The second-order valence-electron chi connectivity index (χ2n) is 3.99. The van der Waals surface area contributed by atoms with Crippen molar-refractivity contribution in [2.24, 2.45) is 0 Å². The lowest BCUT2D eigenvalue weighted by Crippen LogP contribution is -2.15. The zero-order valence-electron chi connectivity index (χ0n) is 8.76. The third-order valence-corrected chi connectivity index (χ3v) is 3.26. The normalized spacial score (nSPS) is 15.6. The van der Waals surface area contributed by atoms with Crippen LogP contribution in [0.25, 0.3) is 0 Å². The van der Waals surface area contributed by atoms with Crippen LogP contribution < -0.4 is 4.90 Å². The predicted octanol–water partition coefficient (Wildman–Crippen LogP) is 3.67. The molecule has 1 saturated carbocycles. The minimum Gasteiger partial charge on any atom is -0.375 e. The van der Waals surface area contributed by atoms with Gasteiger partial charge in [-0.05, 0) is 49.4 Å². The summed E-state index contributed by atoms with van der Waals surface area (Å²) in [6, 6.07) is 6.36. The summed E-state index contributed by atoms with van der Waals surface area (Å²) in [5.74, 6) is 0.729. The van der Waals surface area contributed by atoms with Gasteiger partial charge in [0, 0.05) is 24.3 Å². The molecule has 1 nitrogen and oxygen atoms in total. The van der Waals surface area contributed by atoms with Crippen LogP contribution in [0.15, 0.2) is 18.2 Å². The third-order valence-electron chi connectivity index (χ3n) is 2.91. The van der Waals surface area contributed by atoms with Gasteiger partial charge in [-0.1, -0.05) is 11.6 Å². The van der Waals surface area contributed by atoms with Crippen molar-refractivity contribution in [1.82, 2.24) is 0 Å². The standard InChI is InChI=1S/C12H16ClN/c1-3-14(2)10-6-7-12(13)11(8-10)9-4-5-9/h6-9H,3-5H2,1-2H3. The Morgan fingerprint density at radius 2 is 2.14 bits per heavy atom. The Kier molecular flexibility index (Phi) is 2.69. The second kappa shape index (κ2) is 3.82. The molecule has 0 atom stereocenters. The molecule has 0 heterocycles. The van der Waals surface area contributed by atoms with Crippen LogP contribution in [0, 0.1) is 0 Å². The van der Waals surface area contributed by atoms with Crippen LogP contribution in [-0.2, 0) is 0 Å². The van der Waals surface area contributed by atoms with Gasteiger partial charge in [0.25, 0.3) is 0 Å². The number of rotatable bonds is 3. The Morgan fingerprint density at radius 3 is 2.71 bits per heavy atom. The zero-order valence-corrected chi connectivity index (χ0v) is 9.51. The van der Waals surface area contributed by atoms with Gasteiger partial charge >= 0.3 is 0 Å². The summed E-state index contributed by atoms with van der Waals surface area (Å²) in [4.78, 5) is 2.24. The fourth-order valence-corrected chi connectivity index (χ4v) is 1.93. The van der Waals surface area contributed by atoms with Gasteiger partial charge in [-0.2, -0.15) is 0 Å². The molecule has 76 valence electrons. The average Bonchev–Trinajstić information content (AvgIpc) is 3.01. The zero-order chi connectivity index (χ0) is 10.1. The van der Waals surface area contributed by atoms with Crippen LogP contribution in [0.4, 0.5) is 5.69 Å². The maximum atomic E-state index is 6.16. The molecule has 0 saturated heterocycles. The smallest absolute Gasteiger partial charge is 0.0442 e. The van der Waals surface area contributed by atoms with E-state index in [4.69, 9.17) is 11.6 Å². The predicted molar refractivity (Wildman–Crippen MR) is 62.4 cm³/mol. The quantitative estimate of drug-likeness (QED) is 0.734. The molecule has 0 N–H and O–H groups in total. The molecule has 0 aliphatic heterocycles. The first-order valence-corrected chi connectivity index (χ1v) is 5.60. The summed E-state index contributed by atoms with van der Waals surface area (Å²) in [5, 5.41) is 0.931. The maximum absolute atomic E-state index is 6.16. The second-order valence-corrected chi connectivity index (χ2v) is 4.40. The van der Waals surface area contributed by atoms with E-state index in [0.29, 0.717) is 0 Å². The number of hydrogen-bond acceptors (Lipinski definition) is 1. The summed E-state index contributed by atoms with van der Waals surface area (Å²) < 4.78 is 0. The van der Waals surface area contributed by atoms with Crippen molar-refractivity contribution in [3.8, 4) is 0 Å². The molecule has 0 amide bonds. The summed E-state index contributed by atoms with van der Waals surface area (Å²) in [7, 11) is 2.11. The topological polar surface area (TPSA) is 3.24 Å². The van der Waals surface area contributed by atoms with Gasteiger partial charge in [0.1, 0.15) is 0 Å². The number of benzene rings is 1. The van der Waals surface area contributed by atoms with Crippen LogP contribution in [0.5, 0.6) is 0 Å². The highest BCUT2D eigenvalue weighted by atomic mass is 35.5. The first kappa shape index (κ1) is 9.85. The molecule has 0 unspecified atom stereocenters. The van der Waals surface area contributed by atoms with E-state index in [1.165, 1.54) is 24.1 Å². The Balaban J connectivity index is 2.30. The molecule has 0 aromatic heterocycles. The Bertz CT molecular complexity index is 331. The van der Waals surface area contributed by atoms with Crippen molar-refractivity contribution in [1.29, 1.82) is 0 Å². The van der Waals surface area contributed by atoms with Crippen molar-refractivity contribution in [2.75, 3.05) is 18.5 Å². The van der Waals surface area contributed by atoms with Crippen molar-refractivity contribution < 1.29 is 0 Å². The van der Waals surface area contributed by atoms with Gasteiger partial charge in [0.2, 0.25) is 0 Å². The molecule has 0 spiro atoms.